The topological polar surface area (TPSA) is 29.0 Å². The molecule has 0 atom stereocenters. The van der Waals surface area contributed by atoms with Crippen LogP contribution in [0.3, 0.4) is 0 Å². The summed E-state index contributed by atoms with van der Waals surface area (Å²) in [5, 5.41) is 3.18. The Morgan fingerprint density at radius 1 is 1.41 bits per heavy atom. The van der Waals surface area contributed by atoms with Crippen LogP contribution in [0.15, 0.2) is 28.2 Å². The Labute approximate surface area is 114 Å². The highest BCUT2D eigenvalue weighted by molar-refractivity contribution is 9.10. The minimum absolute atomic E-state index is 0.932. The zero-order chi connectivity index (χ0) is 12.3. The summed E-state index contributed by atoms with van der Waals surface area (Å²) in [5.74, 6) is 1.00. The maximum atomic E-state index is 4.53. The van der Waals surface area contributed by atoms with Gasteiger partial charge in [0.2, 0.25) is 0 Å². The lowest BCUT2D eigenvalue weighted by Gasteiger charge is -2.18. The van der Waals surface area contributed by atoms with E-state index in [9.17, 15) is 0 Å². The van der Waals surface area contributed by atoms with Gasteiger partial charge in [-0.05, 0) is 35.0 Å². The second-order valence-corrected chi connectivity index (χ2v) is 5.67. The van der Waals surface area contributed by atoms with Crippen LogP contribution in [0.1, 0.15) is 10.7 Å². The third-order valence-electron chi connectivity index (χ3n) is 2.54. The first-order valence-electron chi connectivity index (χ1n) is 5.39. The standard InChI is InChI=1S/C12H14BrN3S/c1-9-10(13)3-4-11(15-9)16(2)7-5-12-14-6-8-17-12/h3-4,6,8H,5,7H2,1-2H3. The summed E-state index contributed by atoms with van der Waals surface area (Å²) in [6.45, 7) is 2.93. The number of aryl methyl sites for hydroxylation is 1. The van der Waals surface area contributed by atoms with Crippen LogP contribution in [-0.4, -0.2) is 23.6 Å². The van der Waals surface area contributed by atoms with Crippen molar-refractivity contribution in [3.05, 3.63) is 38.9 Å². The number of hydrogen-bond acceptors (Lipinski definition) is 4. The number of hydrogen-bond donors (Lipinski definition) is 0. The summed E-state index contributed by atoms with van der Waals surface area (Å²) < 4.78 is 1.05. The molecule has 0 bridgehead atoms. The van der Waals surface area contributed by atoms with E-state index in [0.717, 1.165) is 29.0 Å². The van der Waals surface area contributed by atoms with E-state index in [-0.39, 0.29) is 0 Å². The molecule has 0 aromatic carbocycles. The molecule has 0 aliphatic carbocycles. The molecule has 0 spiro atoms. The number of thiazole rings is 1. The molecule has 2 aromatic heterocycles. The Morgan fingerprint density at radius 3 is 2.88 bits per heavy atom. The Morgan fingerprint density at radius 2 is 2.24 bits per heavy atom. The maximum absolute atomic E-state index is 4.53. The van der Waals surface area contributed by atoms with E-state index < -0.39 is 0 Å². The van der Waals surface area contributed by atoms with Gasteiger partial charge in [0.05, 0.1) is 10.7 Å². The van der Waals surface area contributed by atoms with Gasteiger partial charge in [-0.15, -0.1) is 11.3 Å². The van der Waals surface area contributed by atoms with E-state index in [1.54, 1.807) is 11.3 Å². The second-order valence-electron chi connectivity index (χ2n) is 3.83. The molecule has 3 nitrogen and oxygen atoms in total. The predicted molar refractivity (Wildman–Crippen MR) is 75.8 cm³/mol. The molecular formula is C12H14BrN3S. The Bertz CT molecular complexity index is 485. The van der Waals surface area contributed by atoms with Crippen LogP contribution < -0.4 is 4.90 Å². The summed E-state index contributed by atoms with van der Waals surface area (Å²) in [7, 11) is 2.06. The average Bonchev–Trinajstić information content (AvgIpc) is 2.82. The van der Waals surface area contributed by atoms with E-state index >= 15 is 0 Å². The fraction of sp³-hybridized carbons (Fsp3) is 0.333. The SMILES string of the molecule is Cc1nc(N(C)CCc2nccs2)ccc1Br. The molecule has 0 aliphatic rings. The van der Waals surface area contributed by atoms with Crippen molar-refractivity contribution < 1.29 is 0 Å². The number of pyridine rings is 1. The van der Waals surface area contributed by atoms with Gasteiger partial charge in [-0.3, -0.25) is 0 Å². The maximum Gasteiger partial charge on any atom is 0.128 e. The molecule has 0 saturated heterocycles. The van der Waals surface area contributed by atoms with Crippen LogP contribution in [0.5, 0.6) is 0 Å². The summed E-state index contributed by atoms with van der Waals surface area (Å²) >= 11 is 5.16. The quantitative estimate of drug-likeness (QED) is 0.867. The Kier molecular flexibility index (Phi) is 4.12. The molecule has 0 unspecified atom stereocenters. The predicted octanol–water partition coefficient (Wildman–Crippen LogP) is 3.29. The highest BCUT2D eigenvalue weighted by Gasteiger charge is 2.05. The lowest BCUT2D eigenvalue weighted by Crippen LogP contribution is -2.21. The van der Waals surface area contributed by atoms with Crippen LogP contribution in [0.25, 0.3) is 0 Å². The summed E-state index contributed by atoms with van der Waals surface area (Å²) in [4.78, 5) is 11.0. The van der Waals surface area contributed by atoms with Gasteiger partial charge in [-0.1, -0.05) is 0 Å². The average molecular weight is 312 g/mol. The van der Waals surface area contributed by atoms with Crippen molar-refractivity contribution in [3.8, 4) is 0 Å². The number of likely N-dealkylation sites (N-methyl/N-ethyl adjacent to an activating group) is 1. The largest absolute Gasteiger partial charge is 0.359 e. The monoisotopic (exact) mass is 311 g/mol. The fourth-order valence-corrected chi connectivity index (χ4v) is 2.33. The van der Waals surface area contributed by atoms with E-state index in [4.69, 9.17) is 0 Å². The minimum atomic E-state index is 0.932. The highest BCUT2D eigenvalue weighted by atomic mass is 79.9. The molecule has 0 saturated carbocycles. The first kappa shape index (κ1) is 12.5. The Balaban J connectivity index is 1.99. The smallest absolute Gasteiger partial charge is 0.128 e. The molecule has 0 aliphatic heterocycles. The van der Waals surface area contributed by atoms with Crippen LogP contribution >= 0.6 is 27.3 Å². The second kappa shape index (κ2) is 5.60. The van der Waals surface area contributed by atoms with Crippen molar-refractivity contribution in [2.45, 2.75) is 13.3 Å². The first-order valence-corrected chi connectivity index (χ1v) is 7.07. The zero-order valence-electron chi connectivity index (χ0n) is 9.85. The summed E-state index contributed by atoms with van der Waals surface area (Å²) in [6.07, 6.45) is 2.81. The van der Waals surface area contributed by atoms with Gasteiger partial charge in [0.15, 0.2) is 0 Å². The zero-order valence-corrected chi connectivity index (χ0v) is 12.3. The van der Waals surface area contributed by atoms with Crippen LogP contribution in [-0.2, 0) is 6.42 Å². The molecule has 17 heavy (non-hydrogen) atoms. The van der Waals surface area contributed by atoms with Gasteiger partial charge in [-0.2, -0.15) is 0 Å². The Hall–Kier alpha value is -0.940. The van der Waals surface area contributed by atoms with E-state index in [1.165, 1.54) is 5.01 Å². The van der Waals surface area contributed by atoms with E-state index in [2.05, 4.69) is 37.8 Å². The van der Waals surface area contributed by atoms with Crippen molar-refractivity contribution in [1.29, 1.82) is 0 Å². The van der Waals surface area contributed by atoms with Crippen molar-refractivity contribution in [1.82, 2.24) is 9.97 Å². The number of aromatic nitrogens is 2. The van der Waals surface area contributed by atoms with Gasteiger partial charge >= 0.3 is 0 Å². The van der Waals surface area contributed by atoms with Crippen molar-refractivity contribution in [3.63, 3.8) is 0 Å². The molecule has 5 heteroatoms. The normalized spacial score (nSPS) is 10.5. The van der Waals surface area contributed by atoms with E-state index in [0.29, 0.717) is 0 Å². The third kappa shape index (κ3) is 3.26. The van der Waals surface area contributed by atoms with Crippen molar-refractivity contribution in [2.75, 3.05) is 18.5 Å². The molecule has 90 valence electrons. The van der Waals surface area contributed by atoms with Gasteiger partial charge in [0.1, 0.15) is 5.82 Å². The molecule has 2 aromatic rings. The third-order valence-corrected chi connectivity index (χ3v) is 4.22. The lowest BCUT2D eigenvalue weighted by molar-refractivity contribution is 0.850. The van der Waals surface area contributed by atoms with Crippen LogP contribution in [0.2, 0.25) is 0 Å². The molecule has 2 heterocycles. The van der Waals surface area contributed by atoms with Crippen LogP contribution in [0, 0.1) is 6.92 Å². The number of nitrogens with zero attached hydrogens (tertiary/aromatic N) is 3. The first-order chi connectivity index (χ1) is 8.16. The number of rotatable bonds is 4. The summed E-state index contributed by atoms with van der Waals surface area (Å²) in [5.41, 5.74) is 1.02. The fourth-order valence-electron chi connectivity index (χ4n) is 1.50. The highest BCUT2D eigenvalue weighted by Crippen LogP contribution is 2.18. The van der Waals surface area contributed by atoms with Crippen molar-refractivity contribution in [2.24, 2.45) is 0 Å². The number of halogens is 1. The molecule has 0 amide bonds. The lowest BCUT2D eigenvalue weighted by atomic mass is 10.3. The molecule has 0 radical (unpaired) electrons. The number of anilines is 1. The van der Waals surface area contributed by atoms with Crippen LogP contribution in [0.4, 0.5) is 5.82 Å². The van der Waals surface area contributed by atoms with Gasteiger partial charge in [-0.25, -0.2) is 9.97 Å². The molecule has 2 rings (SSSR count). The molecule has 0 fully saturated rings. The van der Waals surface area contributed by atoms with E-state index in [1.807, 2.05) is 30.6 Å². The minimum Gasteiger partial charge on any atom is -0.359 e. The van der Waals surface area contributed by atoms with Crippen molar-refractivity contribution >= 4 is 33.1 Å². The molecule has 0 N–H and O–H groups in total. The molecular weight excluding hydrogens is 298 g/mol. The van der Waals surface area contributed by atoms with Gasteiger partial charge in [0.25, 0.3) is 0 Å². The summed E-state index contributed by atoms with van der Waals surface area (Å²) in [6, 6.07) is 4.07. The van der Waals surface area contributed by atoms with Gasteiger partial charge in [0, 0.05) is 36.1 Å². The van der Waals surface area contributed by atoms with Gasteiger partial charge < -0.3 is 4.90 Å².